The van der Waals surface area contributed by atoms with E-state index < -0.39 is 116 Å². The average molecular weight is 1890 g/mol. The van der Waals surface area contributed by atoms with E-state index in [1.54, 1.807) is 86.8 Å². The molecule has 5 N–H and O–H groups in total. The van der Waals surface area contributed by atoms with E-state index in [9.17, 15) is 46.8 Å². The first-order valence-electron chi connectivity index (χ1n) is 37.4. The van der Waals surface area contributed by atoms with Gasteiger partial charge >= 0.3 is 162 Å². The van der Waals surface area contributed by atoms with Gasteiger partial charge in [0.2, 0.25) is 23.6 Å². The van der Waals surface area contributed by atoms with E-state index in [1.807, 2.05) is 83.6 Å². The Kier molecular flexibility index (Phi) is 36.9. The third kappa shape index (κ3) is 26.9. The Morgan fingerprint density at radius 3 is 1.50 bits per heavy atom. The van der Waals surface area contributed by atoms with Gasteiger partial charge in [0.25, 0.3) is 16.6 Å². The average Bonchev–Trinajstić information content (AvgIpc) is 1.58. The Balaban J connectivity index is 0.000000286. The second kappa shape index (κ2) is 44.2. The van der Waals surface area contributed by atoms with Gasteiger partial charge in [0.05, 0.1) is 45.8 Å². The van der Waals surface area contributed by atoms with Gasteiger partial charge in [-0.05, 0) is 155 Å². The molecule has 1 unspecified atom stereocenters. The van der Waals surface area contributed by atoms with Crippen molar-refractivity contribution in [2.75, 3.05) is 46.8 Å². The Morgan fingerprint density at radius 2 is 1.07 bits per heavy atom. The zero-order valence-corrected chi connectivity index (χ0v) is 82.1. The van der Waals surface area contributed by atoms with Crippen molar-refractivity contribution in [2.45, 2.75) is 204 Å². The van der Waals surface area contributed by atoms with E-state index in [0.717, 1.165) is 78.1 Å². The van der Waals surface area contributed by atoms with Crippen LogP contribution in [0.5, 0.6) is 11.5 Å². The van der Waals surface area contributed by atoms with Crippen LogP contribution in [-0.4, -0.2) is 212 Å². The number of ether oxygens (including phenoxy) is 6. The number of rotatable bonds is 16. The molecule has 0 spiro atoms. The standard InChI is InChI=1S/C37H47N7O7S.C26H41N3O9S.C12H10N4OS.CH2O3.2Cs.H/c1-6-50-34(47)37-21-24(37)12-10-8-7-9-11-13-27(39-35(48)51-36(2,3)4)33(46)43-22-25(20-28(43)31(45)40-37)44-41-29(23-14-16-26(49-5)17-15-23)30(42-44)32-38-18-19-52-32;1-6-36-23(32)26-15-17(26)12-10-8-7-9-11-13-19(27-24(33)37-25(2,3)4)22(31)29-16-18(38-39(5,34)35)14-20(29)21(30)28-26;1-17-9-4-2-8(3-5-9)10-11(15-16-14-10)12-13-6-7-18-12;2-1-4-3;;;/h10,12,14-19,24-25,27-28H,6-9,11,13,20-22H2,1-5H3,(H,39,48)(H,40,45);10,12,17-20H,6-9,11,13-16H2,1-5H3,(H,27,33)(H,28,30);2-7H,1H3,(H,14,15,16);1,3H;;;/q;;;;2*+1;-1/p-1/b2*12-10-;;;;;/t24-,25?,27+,28+,37-;17-,18+,19+,20+,26-;;;;;/m11...../s1. The summed E-state index contributed by atoms with van der Waals surface area (Å²) in [6.07, 6.45) is 17.5. The number of fused-ring (bicyclic) bond motifs is 4. The summed E-state index contributed by atoms with van der Waals surface area (Å²) in [4.78, 5) is 132. The molecule has 39 heteroatoms. The molecule has 6 aliphatic rings. The monoisotopic (exact) mass is 1890 g/mol. The molecule has 0 radical (unpaired) electrons. The molecule has 2 saturated carbocycles. The largest absolute Gasteiger partial charge is 1.00 e. The number of carbonyl (C=O) groups is 9. The van der Waals surface area contributed by atoms with Crippen molar-refractivity contribution in [3.63, 3.8) is 0 Å². The maximum absolute atomic E-state index is 14.5. The van der Waals surface area contributed by atoms with Crippen LogP contribution in [0.25, 0.3) is 43.9 Å². The van der Waals surface area contributed by atoms with Crippen LogP contribution in [0, 0.1) is 11.8 Å². The van der Waals surface area contributed by atoms with Gasteiger partial charge in [-0.1, -0.05) is 50.0 Å². The van der Waals surface area contributed by atoms with Crippen LogP contribution in [0.2, 0.25) is 0 Å². The number of nitrogens with zero attached hydrogens (tertiary/aromatic N) is 9. The number of methoxy groups -OCH3 is 2. The molecular weight excluding hydrogens is 1790 g/mol. The molecule has 8 heterocycles. The van der Waals surface area contributed by atoms with Gasteiger partial charge in [0, 0.05) is 72.0 Å². The van der Waals surface area contributed by atoms with Crippen molar-refractivity contribution in [3.8, 4) is 55.4 Å². The first kappa shape index (κ1) is 96.0. The smallest absolute Gasteiger partial charge is 1.00 e. The number of aromatic nitrogens is 8. The molecule has 4 aromatic heterocycles. The topological polar surface area (TPSA) is 437 Å². The van der Waals surface area contributed by atoms with Crippen molar-refractivity contribution in [2.24, 2.45) is 11.8 Å². The predicted molar refractivity (Wildman–Crippen MR) is 412 cm³/mol. The molecule has 115 heavy (non-hydrogen) atoms. The van der Waals surface area contributed by atoms with Crippen LogP contribution in [-0.2, 0) is 71.7 Å². The molecule has 10 atom stereocenters. The first-order chi connectivity index (χ1) is 53.9. The number of hydrogen-bond acceptors (Lipinski definition) is 28. The minimum Gasteiger partial charge on any atom is -1.00 e. The maximum Gasteiger partial charge on any atom is 1.00 e. The normalized spacial score (nSPS) is 24.0. The fourth-order valence-electron chi connectivity index (χ4n) is 13.6. The van der Waals surface area contributed by atoms with Crippen LogP contribution in [0.15, 0.2) is 96.0 Å². The minimum atomic E-state index is -3.87. The molecule has 614 valence electrons. The van der Waals surface area contributed by atoms with Crippen LogP contribution in [0.1, 0.15) is 153 Å². The summed E-state index contributed by atoms with van der Waals surface area (Å²) in [7, 11) is -0.629. The molecule has 4 aliphatic heterocycles. The number of benzene rings is 2. The third-order valence-corrected chi connectivity index (χ3v) is 21.2. The summed E-state index contributed by atoms with van der Waals surface area (Å²) in [6.45, 7) is 13.8. The van der Waals surface area contributed by atoms with Crippen molar-refractivity contribution in [3.05, 3.63) is 96.0 Å². The van der Waals surface area contributed by atoms with Crippen LogP contribution < -0.4 is 174 Å². The fraction of sp³-hybridized carbons (Fsp3) is 0.539. The van der Waals surface area contributed by atoms with Crippen molar-refractivity contribution in [1.29, 1.82) is 0 Å². The number of carbonyl (C=O) groups excluding carboxylic acids is 9. The zero-order chi connectivity index (χ0) is 81.8. The summed E-state index contributed by atoms with van der Waals surface area (Å²) in [5.74, 6) is -2.06. The number of nitrogens with one attached hydrogen (secondary N) is 5. The van der Waals surface area contributed by atoms with E-state index in [2.05, 4.69) is 51.5 Å². The third-order valence-electron chi connectivity index (χ3n) is 19.0. The number of allylic oxidation sites excluding steroid dienone is 2. The Hall–Kier alpha value is -6.14. The number of alkyl carbamates (subject to hydrolysis) is 2. The molecule has 0 bridgehead atoms. The molecule has 2 aromatic carbocycles. The molecular formula is C76H100Cs2N14O20S3. The van der Waals surface area contributed by atoms with Crippen molar-refractivity contribution < 1.29 is 234 Å². The Morgan fingerprint density at radius 1 is 0.635 bits per heavy atom. The molecule has 6 amide bonds. The molecule has 12 rings (SSSR count). The number of thiazole rings is 2. The van der Waals surface area contributed by atoms with E-state index in [-0.39, 0.29) is 197 Å². The zero-order valence-electron chi connectivity index (χ0n) is 68.1. The SMILES string of the molecule is CCOC(=O)[C@@]12C[C@H]1/C=C\CCCCC[C@H](NC(=O)OC(C)(C)C)C(=O)N1CC(n3nc(-c4ccc(OC)cc4)c(-c4nccs4)n3)C[C@H]1C(=O)N2.CCOC(=O)[C@@]12C[C@H]1/C=C\CCCCC[C@H](NC(=O)OC(C)(C)C)C(=O)N1C[C@@H](OS(C)(=O)=O)C[C@H]1C(=O)N2.COc1ccc(-c2n[nH]nc2-c2nccs2)cc1.O=CO[O-].[Cs+].[Cs+].[H-]. The summed E-state index contributed by atoms with van der Waals surface area (Å²) in [6, 6.07) is 10.6. The Bertz CT molecular complexity index is 4430. The van der Waals surface area contributed by atoms with E-state index >= 15 is 0 Å². The van der Waals surface area contributed by atoms with Crippen molar-refractivity contribution in [1.82, 2.24) is 71.4 Å². The van der Waals surface area contributed by atoms with Gasteiger partial charge in [0.15, 0.2) is 0 Å². The van der Waals surface area contributed by atoms with Gasteiger partial charge < -0.3 is 71.1 Å². The number of amides is 6. The number of H-pyrrole nitrogens is 1. The summed E-state index contributed by atoms with van der Waals surface area (Å²) < 4.78 is 60.9. The van der Waals surface area contributed by atoms with Gasteiger partial charge in [-0.25, -0.2) is 29.1 Å². The van der Waals surface area contributed by atoms with Gasteiger partial charge in [-0.3, -0.25) is 28.2 Å². The summed E-state index contributed by atoms with van der Waals surface area (Å²) in [5.41, 5.74) is 0.491. The van der Waals surface area contributed by atoms with E-state index in [0.29, 0.717) is 60.7 Å². The Labute approximate surface area is 795 Å². The fourth-order valence-corrected chi connectivity index (χ4v) is 15.5. The first-order valence-corrected chi connectivity index (χ1v) is 40.9. The molecule has 2 aliphatic carbocycles. The molecule has 2 saturated heterocycles. The number of aromatic amines is 1. The maximum atomic E-state index is 14.5. The van der Waals surface area contributed by atoms with Gasteiger partial charge in [0.1, 0.15) is 90.7 Å². The molecule has 4 fully saturated rings. The van der Waals surface area contributed by atoms with Crippen LogP contribution in [0.4, 0.5) is 9.59 Å². The van der Waals surface area contributed by atoms with E-state index in [1.165, 1.54) is 32.5 Å². The molecule has 34 nitrogen and oxygen atoms in total. The van der Waals surface area contributed by atoms with Gasteiger partial charge in [-0.2, -0.15) is 33.7 Å². The van der Waals surface area contributed by atoms with Crippen molar-refractivity contribution >= 4 is 87.0 Å². The number of hydrogen-bond donors (Lipinski definition) is 5. The minimum absolute atomic E-state index is 0. The predicted octanol–water partition coefficient (Wildman–Crippen LogP) is 2.01. The summed E-state index contributed by atoms with van der Waals surface area (Å²) >= 11 is 2.97. The molecule has 6 aromatic rings. The van der Waals surface area contributed by atoms with E-state index in [4.69, 9.17) is 52.9 Å². The second-order valence-corrected chi connectivity index (χ2v) is 33.0. The quantitative estimate of drug-likeness (QED) is 0.0176. The summed E-state index contributed by atoms with van der Waals surface area (Å²) in [5, 5.41) is 45.8. The van der Waals surface area contributed by atoms with Crippen LogP contribution in [0.3, 0.4) is 0 Å². The number of esters is 2. The van der Waals surface area contributed by atoms with Crippen LogP contribution >= 0.6 is 22.7 Å². The second-order valence-electron chi connectivity index (χ2n) is 29.6. The van der Waals surface area contributed by atoms with Gasteiger partial charge in [-0.15, -0.1) is 27.8 Å².